The van der Waals surface area contributed by atoms with Gasteiger partial charge < -0.3 is 4.74 Å². The van der Waals surface area contributed by atoms with Crippen molar-refractivity contribution in [3.8, 4) is 0 Å². The van der Waals surface area contributed by atoms with E-state index in [9.17, 15) is 9.59 Å². The second-order valence-corrected chi connectivity index (χ2v) is 2.07. The molecule has 0 rings (SSSR count). The first-order valence-electron chi connectivity index (χ1n) is 2.76. The first-order chi connectivity index (χ1) is 4.04. The van der Waals surface area contributed by atoms with E-state index in [1.807, 2.05) is 0 Å². The van der Waals surface area contributed by atoms with Crippen LogP contribution in [0.15, 0.2) is 0 Å². The van der Waals surface area contributed by atoms with E-state index in [1.165, 1.54) is 6.92 Å². The van der Waals surface area contributed by atoms with Crippen LogP contribution in [0.3, 0.4) is 0 Å². The molecule has 0 spiro atoms. The van der Waals surface area contributed by atoms with Crippen LogP contribution < -0.4 is 0 Å². The molecule has 0 atom stereocenters. The van der Waals surface area contributed by atoms with Crippen LogP contribution >= 0.6 is 0 Å². The number of ether oxygens (including phenoxy) is 1. The van der Waals surface area contributed by atoms with Gasteiger partial charge in [0, 0.05) is 23.4 Å². The van der Waals surface area contributed by atoms with Gasteiger partial charge in [0.05, 0.1) is 5.92 Å². The summed E-state index contributed by atoms with van der Waals surface area (Å²) >= 11 is 0. The van der Waals surface area contributed by atoms with Crippen LogP contribution in [-0.4, -0.2) is 11.9 Å². The van der Waals surface area contributed by atoms with E-state index in [2.05, 4.69) is 4.74 Å². The zero-order valence-electron chi connectivity index (χ0n) is 6.12. The van der Waals surface area contributed by atoms with Crippen molar-refractivity contribution in [3.05, 3.63) is 0 Å². The molecule has 0 unspecified atom stereocenters. The number of carbonyl (C=O) groups is 2. The van der Waals surface area contributed by atoms with Crippen molar-refractivity contribution in [1.29, 1.82) is 0 Å². The van der Waals surface area contributed by atoms with Gasteiger partial charge in [-0.3, -0.25) is 9.59 Å². The van der Waals surface area contributed by atoms with E-state index in [4.69, 9.17) is 0 Å². The van der Waals surface area contributed by atoms with E-state index >= 15 is 0 Å². The summed E-state index contributed by atoms with van der Waals surface area (Å²) in [5.74, 6) is -1.25. The molecule has 0 radical (unpaired) electrons. The van der Waals surface area contributed by atoms with Crippen LogP contribution in [0.1, 0.15) is 20.8 Å². The molecule has 10 heavy (non-hydrogen) atoms. The molecule has 4 heteroatoms. The summed E-state index contributed by atoms with van der Waals surface area (Å²) in [6, 6.07) is 0. The molecule has 0 aromatic rings. The second kappa shape index (κ2) is 5.42. The van der Waals surface area contributed by atoms with E-state index in [0.717, 1.165) is 0 Å². The fourth-order valence-corrected chi connectivity index (χ4v) is 0.260. The summed E-state index contributed by atoms with van der Waals surface area (Å²) in [6.45, 7) is 4.55. The third kappa shape index (κ3) is 5.76. The van der Waals surface area contributed by atoms with Crippen molar-refractivity contribution in [3.63, 3.8) is 0 Å². The zero-order chi connectivity index (χ0) is 7.44. The summed E-state index contributed by atoms with van der Waals surface area (Å²) in [5.41, 5.74) is 0. The van der Waals surface area contributed by atoms with Crippen molar-refractivity contribution in [2.75, 3.05) is 0 Å². The quantitative estimate of drug-likeness (QED) is 0.346. The topological polar surface area (TPSA) is 43.4 Å². The van der Waals surface area contributed by atoms with Crippen molar-refractivity contribution in [2.45, 2.75) is 20.8 Å². The molecule has 0 aliphatic rings. The largest absolute Gasteiger partial charge is 0.393 e. The minimum absolute atomic E-state index is 0. The number of hydrogen-bond donors (Lipinski definition) is 0. The third-order valence-corrected chi connectivity index (χ3v) is 0.716. The van der Waals surface area contributed by atoms with E-state index in [-0.39, 0.29) is 22.4 Å². The molecule has 0 saturated heterocycles. The van der Waals surface area contributed by atoms with E-state index in [1.54, 1.807) is 13.8 Å². The summed E-state index contributed by atoms with van der Waals surface area (Å²) < 4.78 is 4.23. The first kappa shape index (κ1) is 12.3. The van der Waals surface area contributed by atoms with Gasteiger partial charge in [0.25, 0.3) is 0 Å². The summed E-state index contributed by atoms with van der Waals surface area (Å²) in [6.07, 6.45) is 0. The summed E-state index contributed by atoms with van der Waals surface area (Å²) in [7, 11) is 0. The maximum absolute atomic E-state index is 10.5. The molecular weight excluding hydrogens is 179 g/mol. The molecule has 0 aliphatic carbocycles. The van der Waals surface area contributed by atoms with Crippen LogP contribution in [0.4, 0.5) is 0 Å². The summed E-state index contributed by atoms with van der Waals surface area (Å²) in [4.78, 5) is 20.6. The predicted octanol–water partition coefficient (Wildman–Crippen LogP) is 0.730. The Kier molecular flexibility index (Phi) is 6.68. The van der Waals surface area contributed by atoms with Crippen molar-refractivity contribution < 1.29 is 30.8 Å². The second-order valence-electron chi connectivity index (χ2n) is 2.07. The number of rotatable bonds is 1. The van der Waals surface area contributed by atoms with Crippen LogP contribution in [0.2, 0.25) is 0 Å². The SMILES string of the molecule is CC(=O)OC(=O)C(C)C.[Ni]. The Morgan fingerprint density at radius 1 is 1.30 bits per heavy atom. The van der Waals surface area contributed by atoms with Crippen LogP contribution in [-0.2, 0) is 30.8 Å². The molecule has 0 bridgehead atoms. The minimum Gasteiger partial charge on any atom is -0.393 e. The van der Waals surface area contributed by atoms with E-state index in [0.29, 0.717) is 0 Å². The molecule has 0 amide bonds. The maximum Gasteiger partial charge on any atom is 0.316 e. The molecule has 0 N–H and O–H groups in total. The third-order valence-electron chi connectivity index (χ3n) is 0.716. The average molecular weight is 189 g/mol. The molecule has 62 valence electrons. The van der Waals surface area contributed by atoms with Crippen LogP contribution in [0, 0.1) is 5.92 Å². The summed E-state index contributed by atoms with van der Waals surface area (Å²) in [5, 5.41) is 0. The molecule has 0 fully saturated rings. The number of hydrogen-bond acceptors (Lipinski definition) is 3. The van der Waals surface area contributed by atoms with Crippen molar-refractivity contribution in [2.24, 2.45) is 5.92 Å². The van der Waals surface area contributed by atoms with Gasteiger partial charge in [0.15, 0.2) is 0 Å². The van der Waals surface area contributed by atoms with Crippen LogP contribution in [0.25, 0.3) is 0 Å². The molecule has 0 heterocycles. The Hall–Kier alpha value is -0.366. The van der Waals surface area contributed by atoms with Crippen molar-refractivity contribution in [1.82, 2.24) is 0 Å². The smallest absolute Gasteiger partial charge is 0.316 e. The molecule has 0 aliphatic heterocycles. The van der Waals surface area contributed by atoms with Gasteiger partial charge in [-0.05, 0) is 0 Å². The Bertz CT molecular complexity index is 131. The Labute approximate surface area is 70.0 Å². The molecule has 0 aromatic carbocycles. The fourth-order valence-electron chi connectivity index (χ4n) is 0.260. The Morgan fingerprint density at radius 3 is 1.80 bits per heavy atom. The number of carbonyl (C=O) groups excluding carboxylic acids is 2. The van der Waals surface area contributed by atoms with Crippen LogP contribution in [0.5, 0.6) is 0 Å². The van der Waals surface area contributed by atoms with Gasteiger partial charge in [-0.1, -0.05) is 13.8 Å². The average Bonchev–Trinajstić information content (AvgIpc) is 1.63. The molecule has 3 nitrogen and oxygen atoms in total. The van der Waals surface area contributed by atoms with Crippen molar-refractivity contribution >= 4 is 11.9 Å². The van der Waals surface area contributed by atoms with Gasteiger partial charge in [-0.25, -0.2) is 0 Å². The van der Waals surface area contributed by atoms with Gasteiger partial charge >= 0.3 is 11.9 Å². The minimum atomic E-state index is -0.547. The zero-order valence-corrected chi connectivity index (χ0v) is 7.11. The normalized spacial score (nSPS) is 8.40. The first-order valence-corrected chi connectivity index (χ1v) is 2.76. The monoisotopic (exact) mass is 188 g/mol. The Balaban J connectivity index is 0. The van der Waals surface area contributed by atoms with Gasteiger partial charge in [-0.2, -0.15) is 0 Å². The predicted molar refractivity (Wildman–Crippen MR) is 31.6 cm³/mol. The number of esters is 2. The standard InChI is InChI=1S/C6H10O3.Ni/c1-4(2)6(8)9-5(3)7;/h4H,1-3H3;. The maximum atomic E-state index is 10.5. The van der Waals surface area contributed by atoms with E-state index < -0.39 is 11.9 Å². The van der Waals surface area contributed by atoms with Gasteiger partial charge in [0.2, 0.25) is 0 Å². The molecular formula is C6H10NiO3. The fraction of sp³-hybridized carbons (Fsp3) is 0.667. The Morgan fingerprint density at radius 2 is 1.70 bits per heavy atom. The van der Waals surface area contributed by atoms with Gasteiger partial charge in [0.1, 0.15) is 0 Å². The van der Waals surface area contributed by atoms with Gasteiger partial charge in [-0.15, -0.1) is 0 Å². The molecule has 0 aromatic heterocycles. The molecule has 0 saturated carbocycles.